The van der Waals surface area contributed by atoms with Gasteiger partial charge in [0.15, 0.2) is 11.6 Å². The number of rotatable bonds is 3. The molecule has 0 N–H and O–H groups in total. The molecule has 0 unspecified atom stereocenters. The van der Waals surface area contributed by atoms with Gasteiger partial charge >= 0.3 is 0 Å². The van der Waals surface area contributed by atoms with Crippen LogP contribution in [-0.2, 0) is 0 Å². The molecule has 4 rings (SSSR count). The van der Waals surface area contributed by atoms with Crippen molar-refractivity contribution in [3.63, 3.8) is 0 Å². The molecule has 0 radical (unpaired) electrons. The largest absolute Gasteiger partial charge is 0.206 e. The third kappa shape index (κ3) is 3.47. The molecule has 3 heteroatoms. The summed E-state index contributed by atoms with van der Waals surface area (Å²) < 4.78 is 41.7. The van der Waals surface area contributed by atoms with Gasteiger partial charge < -0.3 is 0 Å². The summed E-state index contributed by atoms with van der Waals surface area (Å²) in [7, 11) is 0. The van der Waals surface area contributed by atoms with E-state index in [4.69, 9.17) is 0 Å². The highest BCUT2D eigenvalue weighted by atomic mass is 19.2. The summed E-state index contributed by atoms with van der Waals surface area (Å²) in [4.78, 5) is 0. The second-order valence-electron chi connectivity index (χ2n) is 7.67. The van der Waals surface area contributed by atoms with Crippen LogP contribution in [0.4, 0.5) is 13.2 Å². The Morgan fingerprint density at radius 3 is 2.15 bits per heavy atom. The van der Waals surface area contributed by atoms with E-state index >= 15 is 0 Å². The highest BCUT2D eigenvalue weighted by molar-refractivity contribution is 5.88. The second kappa shape index (κ2) is 7.38. The first kappa shape index (κ1) is 18.1. The van der Waals surface area contributed by atoms with Crippen LogP contribution in [0.5, 0.6) is 0 Å². The molecular weight excluding hydrogens is 345 g/mol. The lowest BCUT2D eigenvalue weighted by Gasteiger charge is -2.28. The van der Waals surface area contributed by atoms with Gasteiger partial charge in [-0.25, -0.2) is 13.2 Å². The Morgan fingerprint density at radius 1 is 0.778 bits per heavy atom. The Bertz CT molecular complexity index is 952. The van der Waals surface area contributed by atoms with Crippen molar-refractivity contribution < 1.29 is 13.2 Å². The van der Waals surface area contributed by atoms with Gasteiger partial charge in [0.1, 0.15) is 5.82 Å². The normalized spacial score (nSPS) is 20.1. The van der Waals surface area contributed by atoms with Crippen LogP contribution in [0.1, 0.15) is 50.5 Å². The van der Waals surface area contributed by atoms with Crippen LogP contribution in [0.25, 0.3) is 21.9 Å². The molecule has 0 aromatic heterocycles. The van der Waals surface area contributed by atoms with Gasteiger partial charge in [-0.3, -0.25) is 0 Å². The maximum Gasteiger partial charge on any atom is 0.169 e. The average molecular weight is 368 g/mol. The van der Waals surface area contributed by atoms with E-state index in [1.807, 2.05) is 12.1 Å². The van der Waals surface area contributed by atoms with Crippen molar-refractivity contribution in [2.75, 3.05) is 0 Å². The predicted octanol–water partition coefficient (Wildman–Crippen LogP) is 7.61. The molecule has 3 aromatic rings. The quantitative estimate of drug-likeness (QED) is 0.446. The lowest BCUT2D eigenvalue weighted by molar-refractivity contribution is 0.319. The smallest absolute Gasteiger partial charge is 0.169 e. The van der Waals surface area contributed by atoms with E-state index in [9.17, 15) is 13.2 Å². The minimum Gasteiger partial charge on any atom is -0.206 e. The van der Waals surface area contributed by atoms with Crippen LogP contribution < -0.4 is 0 Å². The SMILES string of the molecule is CCC1CCC(c2ccc(-c3cc(F)c4c(F)c(F)ccc4c3)cc2)CC1. The lowest BCUT2D eigenvalue weighted by atomic mass is 9.77. The van der Waals surface area contributed by atoms with Crippen LogP contribution in [0, 0.1) is 23.4 Å². The van der Waals surface area contributed by atoms with Crippen molar-refractivity contribution in [3.8, 4) is 11.1 Å². The molecule has 0 nitrogen and oxygen atoms in total. The molecule has 0 bridgehead atoms. The minimum atomic E-state index is -1.13. The number of hydrogen-bond donors (Lipinski definition) is 0. The molecule has 1 fully saturated rings. The molecular formula is C24H23F3. The fourth-order valence-electron chi connectivity index (χ4n) is 4.36. The Labute approximate surface area is 158 Å². The van der Waals surface area contributed by atoms with Gasteiger partial charge in [-0.1, -0.05) is 43.7 Å². The number of fused-ring (bicyclic) bond motifs is 1. The van der Waals surface area contributed by atoms with Crippen LogP contribution >= 0.6 is 0 Å². The highest BCUT2D eigenvalue weighted by Crippen LogP contribution is 2.38. The zero-order chi connectivity index (χ0) is 19.0. The monoisotopic (exact) mass is 368 g/mol. The maximum absolute atomic E-state index is 14.4. The summed E-state index contributed by atoms with van der Waals surface area (Å²) >= 11 is 0. The molecule has 0 atom stereocenters. The molecule has 0 heterocycles. The molecule has 3 aromatic carbocycles. The summed E-state index contributed by atoms with van der Waals surface area (Å²) in [5, 5.41) is 0.0777. The predicted molar refractivity (Wildman–Crippen MR) is 104 cm³/mol. The van der Waals surface area contributed by atoms with Gasteiger partial charge in [0.25, 0.3) is 0 Å². The Morgan fingerprint density at radius 2 is 1.48 bits per heavy atom. The Kier molecular flexibility index (Phi) is 4.94. The van der Waals surface area contributed by atoms with Gasteiger partial charge in [0.2, 0.25) is 0 Å². The van der Waals surface area contributed by atoms with Crippen LogP contribution in [0.3, 0.4) is 0 Å². The van der Waals surface area contributed by atoms with Crippen molar-refractivity contribution in [2.24, 2.45) is 5.92 Å². The average Bonchev–Trinajstić information content (AvgIpc) is 2.70. The van der Waals surface area contributed by atoms with E-state index in [0.29, 0.717) is 16.9 Å². The van der Waals surface area contributed by atoms with Crippen molar-refractivity contribution in [2.45, 2.75) is 44.9 Å². The summed E-state index contributed by atoms with van der Waals surface area (Å²) in [5.74, 6) is -1.43. The van der Waals surface area contributed by atoms with Crippen LogP contribution in [0.2, 0.25) is 0 Å². The summed E-state index contributed by atoms with van der Waals surface area (Å²) in [6.07, 6.45) is 6.31. The molecule has 0 amide bonds. The van der Waals surface area contributed by atoms with Gasteiger partial charge in [-0.2, -0.15) is 0 Å². The summed E-state index contributed by atoms with van der Waals surface area (Å²) in [5.41, 5.74) is 2.89. The van der Waals surface area contributed by atoms with E-state index in [1.165, 1.54) is 49.8 Å². The van der Waals surface area contributed by atoms with E-state index in [-0.39, 0.29) is 5.39 Å². The number of hydrogen-bond acceptors (Lipinski definition) is 0. The molecule has 27 heavy (non-hydrogen) atoms. The zero-order valence-corrected chi connectivity index (χ0v) is 15.4. The maximum atomic E-state index is 14.4. The molecule has 1 saturated carbocycles. The summed E-state index contributed by atoms with van der Waals surface area (Å²) in [6.45, 7) is 2.27. The highest BCUT2D eigenvalue weighted by Gasteiger charge is 2.21. The van der Waals surface area contributed by atoms with Crippen molar-refractivity contribution in [1.82, 2.24) is 0 Å². The molecule has 0 aliphatic heterocycles. The second-order valence-corrected chi connectivity index (χ2v) is 7.67. The topological polar surface area (TPSA) is 0 Å². The van der Waals surface area contributed by atoms with Gasteiger partial charge in [-0.05, 0) is 77.8 Å². The van der Waals surface area contributed by atoms with Crippen LogP contribution in [0.15, 0.2) is 48.5 Å². The number of halogens is 3. The molecule has 1 aliphatic carbocycles. The first-order valence-corrected chi connectivity index (χ1v) is 9.74. The number of benzene rings is 3. The first-order chi connectivity index (χ1) is 13.1. The fraction of sp³-hybridized carbons (Fsp3) is 0.333. The van der Waals surface area contributed by atoms with Gasteiger partial charge in [0, 0.05) is 0 Å². The fourth-order valence-corrected chi connectivity index (χ4v) is 4.36. The lowest BCUT2D eigenvalue weighted by Crippen LogP contribution is -2.12. The van der Waals surface area contributed by atoms with Crippen molar-refractivity contribution >= 4 is 10.8 Å². The Hall–Kier alpha value is -2.29. The molecule has 140 valence electrons. The zero-order valence-electron chi connectivity index (χ0n) is 15.4. The van der Waals surface area contributed by atoms with Crippen molar-refractivity contribution in [1.29, 1.82) is 0 Å². The van der Waals surface area contributed by atoms with E-state index in [0.717, 1.165) is 17.5 Å². The van der Waals surface area contributed by atoms with Gasteiger partial charge in [-0.15, -0.1) is 0 Å². The van der Waals surface area contributed by atoms with Crippen LogP contribution in [-0.4, -0.2) is 0 Å². The molecule has 0 saturated heterocycles. The summed E-state index contributed by atoms with van der Waals surface area (Å²) in [6, 6.07) is 13.7. The third-order valence-corrected chi connectivity index (χ3v) is 6.10. The van der Waals surface area contributed by atoms with E-state index in [1.54, 1.807) is 6.07 Å². The Balaban J connectivity index is 1.62. The third-order valence-electron chi connectivity index (χ3n) is 6.10. The first-order valence-electron chi connectivity index (χ1n) is 9.74. The molecule has 0 spiro atoms. The van der Waals surface area contributed by atoms with E-state index < -0.39 is 17.5 Å². The minimum absolute atomic E-state index is 0.289. The standard InChI is InChI=1S/C24H23F3/c1-2-15-3-5-16(6-4-15)17-7-9-18(10-8-17)20-13-19-11-12-21(25)24(27)23(19)22(26)14-20/h7-16H,2-6H2,1H3. The van der Waals surface area contributed by atoms with Gasteiger partial charge in [0.05, 0.1) is 5.39 Å². The van der Waals surface area contributed by atoms with Crippen molar-refractivity contribution in [3.05, 3.63) is 71.5 Å². The van der Waals surface area contributed by atoms with E-state index in [2.05, 4.69) is 19.1 Å². The molecule has 1 aliphatic rings.